The lowest BCUT2D eigenvalue weighted by Gasteiger charge is -2.21. The highest BCUT2D eigenvalue weighted by molar-refractivity contribution is 7.91. The van der Waals surface area contributed by atoms with Crippen LogP contribution in [0.25, 0.3) is 0 Å². The SMILES string of the molecule is CC(O)C(c1cccc(C#N)c1)S(=O)(=O)c1ccccc1. The molecule has 0 spiro atoms. The molecule has 1 N–H and O–H groups in total. The van der Waals surface area contributed by atoms with Crippen molar-refractivity contribution in [1.29, 1.82) is 5.26 Å². The Kier molecular flexibility index (Phi) is 4.41. The second-order valence-corrected chi connectivity index (χ2v) is 6.83. The minimum atomic E-state index is -3.74. The standard InChI is InChI=1S/C16H15NO3S/c1-12(18)16(14-7-5-6-13(10-14)11-17)21(19,20)15-8-3-2-4-9-15/h2-10,12,16,18H,1H3. The molecule has 5 heteroatoms. The molecule has 2 rings (SSSR count). The third kappa shape index (κ3) is 3.13. The van der Waals surface area contributed by atoms with Crippen LogP contribution in [0.3, 0.4) is 0 Å². The molecule has 0 bridgehead atoms. The van der Waals surface area contributed by atoms with Crippen molar-refractivity contribution in [3.05, 3.63) is 65.7 Å². The molecular weight excluding hydrogens is 286 g/mol. The second-order valence-electron chi connectivity index (χ2n) is 4.76. The second kappa shape index (κ2) is 6.08. The summed E-state index contributed by atoms with van der Waals surface area (Å²) in [6.45, 7) is 1.43. The number of rotatable bonds is 4. The van der Waals surface area contributed by atoms with Crippen LogP contribution < -0.4 is 0 Å². The molecule has 0 aliphatic rings. The van der Waals surface area contributed by atoms with Crippen molar-refractivity contribution >= 4 is 9.84 Å². The Morgan fingerprint density at radius 2 is 1.76 bits per heavy atom. The van der Waals surface area contributed by atoms with E-state index in [1.165, 1.54) is 25.1 Å². The molecule has 21 heavy (non-hydrogen) atoms. The van der Waals surface area contributed by atoms with E-state index in [-0.39, 0.29) is 4.90 Å². The molecule has 2 aromatic rings. The summed E-state index contributed by atoms with van der Waals surface area (Å²) in [6, 6.07) is 16.3. The van der Waals surface area contributed by atoms with Gasteiger partial charge < -0.3 is 5.11 Å². The number of nitriles is 1. The van der Waals surface area contributed by atoms with Crippen LogP contribution in [0.5, 0.6) is 0 Å². The summed E-state index contributed by atoms with van der Waals surface area (Å²) in [6.07, 6.45) is -1.09. The minimum Gasteiger partial charge on any atom is -0.392 e. The van der Waals surface area contributed by atoms with Crippen LogP contribution in [0.2, 0.25) is 0 Å². The van der Waals surface area contributed by atoms with Crippen molar-refractivity contribution in [2.75, 3.05) is 0 Å². The molecule has 108 valence electrons. The fraction of sp³-hybridized carbons (Fsp3) is 0.188. The van der Waals surface area contributed by atoms with E-state index >= 15 is 0 Å². The van der Waals surface area contributed by atoms with Gasteiger partial charge in [0.15, 0.2) is 9.84 Å². The zero-order valence-electron chi connectivity index (χ0n) is 11.5. The van der Waals surface area contributed by atoms with Gasteiger partial charge in [-0.05, 0) is 36.8 Å². The van der Waals surface area contributed by atoms with E-state index in [0.29, 0.717) is 11.1 Å². The van der Waals surface area contributed by atoms with E-state index in [1.807, 2.05) is 6.07 Å². The van der Waals surface area contributed by atoms with Gasteiger partial charge in [0.2, 0.25) is 0 Å². The topological polar surface area (TPSA) is 78.2 Å². The molecule has 2 aromatic carbocycles. The summed E-state index contributed by atoms with van der Waals surface area (Å²) in [4.78, 5) is 0.151. The third-order valence-corrected chi connectivity index (χ3v) is 5.45. The summed E-state index contributed by atoms with van der Waals surface area (Å²) < 4.78 is 25.5. The van der Waals surface area contributed by atoms with Crippen molar-refractivity contribution < 1.29 is 13.5 Å². The van der Waals surface area contributed by atoms with Gasteiger partial charge in [-0.25, -0.2) is 8.42 Å². The number of benzene rings is 2. The van der Waals surface area contributed by atoms with Crippen molar-refractivity contribution in [2.24, 2.45) is 0 Å². The monoisotopic (exact) mass is 301 g/mol. The minimum absolute atomic E-state index is 0.151. The van der Waals surface area contributed by atoms with E-state index in [4.69, 9.17) is 5.26 Å². The summed E-state index contributed by atoms with van der Waals surface area (Å²) in [5.41, 5.74) is 0.773. The number of aliphatic hydroxyl groups is 1. The maximum Gasteiger partial charge on any atom is 0.187 e. The molecule has 0 heterocycles. The van der Waals surface area contributed by atoms with Crippen molar-refractivity contribution in [1.82, 2.24) is 0 Å². The lowest BCUT2D eigenvalue weighted by Crippen LogP contribution is -2.24. The van der Waals surface area contributed by atoms with Crippen LogP contribution in [0.4, 0.5) is 0 Å². The Labute approximate surface area is 124 Å². The summed E-state index contributed by atoms with van der Waals surface area (Å²) in [7, 11) is -3.74. The predicted molar refractivity (Wildman–Crippen MR) is 79.2 cm³/mol. The predicted octanol–water partition coefficient (Wildman–Crippen LogP) is 2.45. The summed E-state index contributed by atoms with van der Waals surface area (Å²) in [5, 5.41) is 17.8. The molecule has 0 amide bonds. The largest absolute Gasteiger partial charge is 0.392 e. The maximum absolute atomic E-state index is 12.7. The number of hydrogen-bond acceptors (Lipinski definition) is 4. The van der Waals surface area contributed by atoms with E-state index in [2.05, 4.69) is 0 Å². The first kappa shape index (κ1) is 15.2. The fourth-order valence-electron chi connectivity index (χ4n) is 2.26. The molecule has 0 aliphatic heterocycles. The van der Waals surface area contributed by atoms with Gasteiger partial charge in [0.25, 0.3) is 0 Å². The van der Waals surface area contributed by atoms with Gasteiger partial charge in [-0.2, -0.15) is 5.26 Å². The van der Waals surface area contributed by atoms with Gasteiger partial charge in [-0.15, -0.1) is 0 Å². The zero-order chi connectivity index (χ0) is 15.5. The zero-order valence-corrected chi connectivity index (χ0v) is 12.3. The third-order valence-electron chi connectivity index (χ3n) is 3.19. The Balaban J connectivity index is 2.57. The molecular formula is C16H15NO3S. The average Bonchev–Trinajstić information content (AvgIpc) is 2.48. The Morgan fingerprint density at radius 1 is 1.10 bits per heavy atom. The highest BCUT2D eigenvalue weighted by atomic mass is 32.2. The lowest BCUT2D eigenvalue weighted by molar-refractivity contribution is 0.188. The number of aliphatic hydroxyl groups excluding tert-OH is 1. The molecule has 0 radical (unpaired) electrons. The molecule has 2 unspecified atom stereocenters. The van der Waals surface area contributed by atoms with Crippen LogP contribution in [-0.2, 0) is 9.84 Å². The van der Waals surface area contributed by atoms with Gasteiger partial charge >= 0.3 is 0 Å². The Bertz CT molecular complexity index is 762. The van der Waals surface area contributed by atoms with Crippen molar-refractivity contribution in [2.45, 2.75) is 23.2 Å². The molecule has 0 fully saturated rings. The van der Waals surface area contributed by atoms with Crippen LogP contribution >= 0.6 is 0 Å². The van der Waals surface area contributed by atoms with Crippen LogP contribution in [-0.4, -0.2) is 19.6 Å². The molecule has 0 aromatic heterocycles. The van der Waals surface area contributed by atoms with E-state index in [0.717, 1.165) is 0 Å². The lowest BCUT2D eigenvalue weighted by atomic mass is 10.1. The van der Waals surface area contributed by atoms with Gasteiger partial charge in [-0.3, -0.25) is 0 Å². The van der Waals surface area contributed by atoms with Gasteiger partial charge in [0.1, 0.15) is 5.25 Å². The first-order valence-corrected chi connectivity index (χ1v) is 7.98. The smallest absolute Gasteiger partial charge is 0.187 e. The van der Waals surface area contributed by atoms with Crippen molar-refractivity contribution in [3.8, 4) is 6.07 Å². The Hall–Kier alpha value is -2.16. The quantitative estimate of drug-likeness (QED) is 0.941. The molecule has 0 aliphatic carbocycles. The molecule has 0 saturated carbocycles. The van der Waals surface area contributed by atoms with Gasteiger partial charge in [0.05, 0.1) is 22.6 Å². The van der Waals surface area contributed by atoms with E-state index in [1.54, 1.807) is 36.4 Å². The summed E-state index contributed by atoms with van der Waals surface area (Å²) in [5.74, 6) is 0. The molecule has 2 atom stereocenters. The normalized spacial score (nSPS) is 14.1. The van der Waals surface area contributed by atoms with Gasteiger partial charge in [0, 0.05) is 0 Å². The molecule has 0 saturated heterocycles. The Morgan fingerprint density at radius 3 is 2.33 bits per heavy atom. The summed E-state index contributed by atoms with van der Waals surface area (Å²) >= 11 is 0. The van der Waals surface area contributed by atoms with E-state index < -0.39 is 21.2 Å². The number of sulfone groups is 1. The van der Waals surface area contributed by atoms with E-state index in [9.17, 15) is 13.5 Å². The number of nitrogens with zero attached hydrogens (tertiary/aromatic N) is 1. The highest BCUT2D eigenvalue weighted by Crippen LogP contribution is 2.32. The maximum atomic E-state index is 12.7. The number of hydrogen-bond donors (Lipinski definition) is 1. The average molecular weight is 301 g/mol. The van der Waals surface area contributed by atoms with Crippen LogP contribution in [0.1, 0.15) is 23.3 Å². The van der Waals surface area contributed by atoms with Crippen molar-refractivity contribution in [3.63, 3.8) is 0 Å². The van der Waals surface area contributed by atoms with Crippen LogP contribution in [0.15, 0.2) is 59.5 Å². The highest BCUT2D eigenvalue weighted by Gasteiger charge is 2.33. The fourth-order valence-corrected chi connectivity index (χ4v) is 4.11. The first-order chi connectivity index (χ1) is 9.96. The first-order valence-electron chi connectivity index (χ1n) is 6.44. The molecule has 4 nitrogen and oxygen atoms in total. The van der Waals surface area contributed by atoms with Crippen LogP contribution in [0, 0.1) is 11.3 Å². The van der Waals surface area contributed by atoms with Gasteiger partial charge in [-0.1, -0.05) is 30.3 Å².